The Balaban J connectivity index is 1.39. The number of nitrogens with zero attached hydrogens (tertiary/aromatic N) is 1. The Labute approximate surface area is 145 Å². The molecular weight excluding hydrogens is 300 g/mol. The zero-order valence-electron chi connectivity index (χ0n) is 14.8. The van der Waals surface area contributed by atoms with Crippen molar-refractivity contribution in [1.82, 2.24) is 10.2 Å². The SMILES string of the molecule is CCOc1ccc(CCC2CCN(C(=O)C3CCNC3)CC2)cc1. The van der Waals surface area contributed by atoms with Gasteiger partial charge in [-0.2, -0.15) is 0 Å². The molecule has 1 atom stereocenters. The Kier molecular flexibility index (Phi) is 6.13. The van der Waals surface area contributed by atoms with Crippen molar-refractivity contribution in [2.45, 2.75) is 39.0 Å². The molecule has 1 amide bonds. The molecule has 2 fully saturated rings. The minimum Gasteiger partial charge on any atom is -0.494 e. The highest BCUT2D eigenvalue weighted by atomic mass is 16.5. The van der Waals surface area contributed by atoms with Crippen LogP contribution in [0, 0.1) is 11.8 Å². The van der Waals surface area contributed by atoms with Crippen molar-refractivity contribution in [3.63, 3.8) is 0 Å². The average molecular weight is 330 g/mol. The van der Waals surface area contributed by atoms with Crippen LogP contribution in [0.1, 0.15) is 38.2 Å². The van der Waals surface area contributed by atoms with Gasteiger partial charge in [0.2, 0.25) is 5.91 Å². The van der Waals surface area contributed by atoms with Crippen molar-refractivity contribution in [1.29, 1.82) is 0 Å². The van der Waals surface area contributed by atoms with Crippen LogP contribution in [0.2, 0.25) is 0 Å². The third-order valence-electron chi connectivity index (χ3n) is 5.41. The number of carbonyl (C=O) groups excluding carboxylic acids is 1. The molecule has 1 unspecified atom stereocenters. The lowest BCUT2D eigenvalue weighted by molar-refractivity contribution is -0.136. The Morgan fingerprint density at radius 1 is 1.21 bits per heavy atom. The molecule has 0 bridgehead atoms. The van der Waals surface area contributed by atoms with E-state index in [9.17, 15) is 4.79 Å². The fourth-order valence-electron chi connectivity index (χ4n) is 3.86. The minimum atomic E-state index is 0.227. The standard InChI is InChI=1S/C20H30N2O2/c1-2-24-19-7-5-16(6-8-19)3-4-17-10-13-22(14-11-17)20(23)18-9-12-21-15-18/h5-8,17-18,21H,2-4,9-15H2,1H3. The molecule has 1 aromatic carbocycles. The van der Waals surface area contributed by atoms with Gasteiger partial charge in [-0.3, -0.25) is 4.79 Å². The second-order valence-electron chi connectivity index (χ2n) is 7.07. The highest BCUT2D eigenvalue weighted by Crippen LogP contribution is 2.25. The van der Waals surface area contributed by atoms with Crippen LogP contribution in [-0.2, 0) is 11.2 Å². The summed E-state index contributed by atoms with van der Waals surface area (Å²) in [6.07, 6.45) is 5.67. The van der Waals surface area contributed by atoms with Crippen LogP contribution in [-0.4, -0.2) is 43.6 Å². The molecule has 2 aliphatic heterocycles. The number of nitrogens with one attached hydrogen (secondary N) is 1. The molecule has 2 saturated heterocycles. The second-order valence-corrected chi connectivity index (χ2v) is 7.07. The number of ether oxygens (including phenoxy) is 1. The van der Waals surface area contributed by atoms with Gasteiger partial charge in [0.05, 0.1) is 12.5 Å². The molecule has 4 heteroatoms. The van der Waals surface area contributed by atoms with Crippen molar-refractivity contribution in [2.75, 3.05) is 32.8 Å². The third kappa shape index (κ3) is 4.50. The lowest BCUT2D eigenvalue weighted by atomic mass is 9.90. The molecule has 0 saturated carbocycles. The van der Waals surface area contributed by atoms with Crippen LogP contribution < -0.4 is 10.1 Å². The van der Waals surface area contributed by atoms with E-state index in [0.717, 1.165) is 63.5 Å². The largest absolute Gasteiger partial charge is 0.494 e. The summed E-state index contributed by atoms with van der Waals surface area (Å²) in [5, 5.41) is 3.29. The number of amides is 1. The highest BCUT2D eigenvalue weighted by Gasteiger charge is 2.29. The smallest absolute Gasteiger partial charge is 0.227 e. The molecule has 4 nitrogen and oxygen atoms in total. The molecule has 2 aliphatic rings. The lowest BCUT2D eigenvalue weighted by Crippen LogP contribution is -2.42. The first-order valence-corrected chi connectivity index (χ1v) is 9.47. The van der Waals surface area contributed by atoms with Crippen LogP contribution in [0.25, 0.3) is 0 Å². The van der Waals surface area contributed by atoms with E-state index in [1.165, 1.54) is 12.0 Å². The lowest BCUT2D eigenvalue weighted by Gasteiger charge is -2.33. The van der Waals surface area contributed by atoms with E-state index in [0.29, 0.717) is 12.5 Å². The molecule has 0 aliphatic carbocycles. The Bertz CT molecular complexity index is 515. The number of carbonyl (C=O) groups is 1. The van der Waals surface area contributed by atoms with E-state index in [2.05, 4.69) is 34.5 Å². The fourth-order valence-corrected chi connectivity index (χ4v) is 3.86. The van der Waals surface area contributed by atoms with Gasteiger partial charge in [0.25, 0.3) is 0 Å². The number of rotatable bonds is 6. The second kappa shape index (κ2) is 8.52. The maximum absolute atomic E-state index is 12.4. The summed E-state index contributed by atoms with van der Waals surface area (Å²) in [6, 6.07) is 8.49. The first-order chi connectivity index (χ1) is 11.8. The average Bonchev–Trinajstić information content (AvgIpc) is 3.16. The van der Waals surface area contributed by atoms with Crippen molar-refractivity contribution in [3.05, 3.63) is 29.8 Å². The number of hydrogen-bond acceptors (Lipinski definition) is 3. The molecule has 132 valence electrons. The Morgan fingerprint density at radius 3 is 2.58 bits per heavy atom. The van der Waals surface area contributed by atoms with Gasteiger partial charge in [-0.25, -0.2) is 0 Å². The van der Waals surface area contributed by atoms with E-state index in [4.69, 9.17) is 4.74 Å². The molecule has 0 aromatic heterocycles. The van der Waals surface area contributed by atoms with Crippen LogP contribution in [0.5, 0.6) is 5.75 Å². The van der Waals surface area contributed by atoms with Crippen molar-refractivity contribution >= 4 is 5.91 Å². The summed E-state index contributed by atoms with van der Waals surface area (Å²) in [4.78, 5) is 14.5. The van der Waals surface area contributed by atoms with Gasteiger partial charge in [0.15, 0.2) is 0 Å². The van der Waals surface area contributed by atoms with Crippen molar-refractivity contribution < 1.29 is 9.53 Å². The fraction of sp³-hybridized carbons (Fsp3) is 0.650. The summed E-state index contributed by atoms with van der Waals surface area (Å²) in [7, 11) is 0. The van der Waals surface area contributed by atoms with E-state index < -0.39 is 0 Å². The molecular formula is C20H30N2O2. The van der Waals surface area contributed by atoms with Gasteiger partial charge in [-0.1, -0.05) is 12.1 Å². The van der Waals surface area contributed by atoms with E-state index in [-0.39, 0.29) is 5.92 Å². The summed E-state index contributed by atoms with van der Waals surface area (Å²) in [5.74, 6) is 2.31. The number of likely N-dealkylation sites (tertiary alicyclic amines) is 1. The summed E-state index contributed by atoms with van der Waals surface area (Å²) < 4.78 is 5.49. The monoisotopic (exact) mass is 330 g/mol. The van der Waals surface area contributed by atoms with Crippen molar-refractivity contribution in [2.24, 2.45) is 11.8 Å². The Hall–Kier alpha value is -1.55. The summed E-state index contributed by atoms with van der Waals surface area (Å²) in [5.41, 5.74) is 1.38. The molecule has 0 radical (unpaired) electrons. The van der Waals surface area contributed by atoms with Crippen molar-refractivity contribution in [3.8, 4) is 5.75 Å². The Morgan fingerprint density at radius 2 is 1.96 bits per heavy atom. The highest BCUT2D eigenvalue weighted by molar-refractivity contribution is 5.79. The maximum atomic E-state index is 12.4. The van der Waals surface area contributed by atoms with Crippen LogP contribution in [0.3, 0.4) is 0 Å². The topological polar surface area (TPSA) is 41.6 Å². The molecule has 1 N–H and O–H groups in total. The molecule has 1 aromatic rings. The number of benzene rings is 1. The van der Waals surface area contributed by atoms with E-state index in [1.54, 1.807) is 0 Å². The third-order valence-corrected chi connectivity index (χ3v) is 5.41. The quantitative estimate of drug-likeness (QED) is 0.872. The summed E-state index contributed by atoms with van der Waals surface area (Å²) >= 11 is 0. The first kappa shape index (κ1) is 17.3. The maximum Gasteiger partial charge on any atom is 0.227 e. The predicted molar refractivity (Wildman–Crippen MR) is 96.2 cm³/mol. The number of hydrogen-bond donors (Lipinski definition) is 1. The van der Waals surface area contributed by atoms with Crippen LogP contribution in [0.15, 0.2) is 24.3 Å². The molecule has 0 spiro atoms. The predicted octanol–water partition coefficient (Wildman–Crippen LogP) is 2.87. The van der Waals surface area contributed by atoms with Gasteiger partial charge >= 0.3 is 0 Å². The van der Waals surface area contributed by atoms with Gasteiger partial charge in [0.1, 0.15) is 5.75 Å². The van der Waals surface area contributed by atoms with Crippen LogP contribution >= 0.6 is 0 Å². The van der Waals surface area contributed by atoms with Gasteiger partial charge in [-0.05, 0) is 69.2 Å². The van der Waals surface area contributed by atoms with Gasteiger partial charge in [-0.15, -0.1) is 0 Å². The van der Waals surface area contributed by atoms with Crippen LogP contribution in [0.4, 0.5) is 0 Å². The zero-order valence-corrected chi connectivity index (χ0v) is 14.8. The number of aryl methyl sites for hydroxylation is 1. The van der Waals surface area contributed by atoms with E-state index >= 15 is 0 Å². The molecule has 3 rings (SSSR count). The minimum absolute atomic E-state index is 0.227. The van der Waals surface area contributed by atoms with Gasteiger partial charge < -0.3 is 15.0 Å². The van der Waals surface area contributed by atoms with E-state index in [1.807, 2.05) is 6.92 Å². The number of piperidine rings is 1. The molecule has 24 heavy (non-hydrogen) atoms. The summed E-state index contributed by atoms with van der Waals surface area (Å²) in [6.45, 7) is 6.49. The van der Waals surface area contributed by atoms with Gasteiger partial charge in [0, 0.05) is 19.6 Å². The first-order valence-electron chi connectivity index (χ1n) is 9.47. The zero-order chi connectivity index (χ0) is 16.8. The normalized spacial score (nSPS) is 21.9. The molecule has 2 heterocycles.